The maximum atomic E-state index is 12.7. The first-order chi connectivity index (χ1) is 16.1. The summed E-state index contributed by atoms with van der Waals surface area (Å²) in [5.74, 6) is 1.83. The van der Waals surface area contributed by atoms with E-state index in [1.54, 1.807) is 12.4 Å². The molecule has 4 aromatic rings. The molecule has 168 valence electrons. The van der Waals surface area contributed by atoms with Crippen molar-refractivity contribution in [2.24, 2.45) is 0 Å². The van der Waals surface area contributed by atoms with Crippen LogP contribution in [0.3, 0.4) is 0 Å². The predicted molar refractivity (Wildman–Crippen MR) is 127 cm³/mol. The number of nitrogens with zero attached hydrogens (tertiary/aromatic N) is 6. The second-order valence-corrected chi connectivity index (χ2v) is 8.32. The molecule has 0 unspecified atom stereocenters. The van der Waals surface area contributed by atoms with Crippen molar-refractivity contribution in [1.82, 2.24) is 29.8 Å². The summed E-state index contributed by atoms with van der Waals surface area (Å²) in [6.45, 7) is 4.88. The van der Waals surface area contributed by atoms with Crippen LogP contribution in [0.15, 0.2) is 49.1 Å². The van der Waals surface area contributed by atoms with Gasteiger partial charge in [-0.1, -0.05) is 12.1 Å². The van der Waals surface area contributed by atoms with E-state index in [0.29, 0.717) is 24.6 Å². The van der Waals surface area contributed by atoms with Crippen LogP contribution in [-0.4, -0.2) is 43.5 Å². The van der Waals surface area contributed by atoms with Crippen molar-refractivity contribution in [2.75, 3.05) is 23.7 Å². The van der Waals surface area contributed by atoms with Crippen LogP contribution < -0.4 is 16.0 Å². The van der Waals surface area contributed by atoms with Gasteiger partial charge in [0.05, 0.1) is 6.54 Å². The molecule has 0 radical (unpaired) electrons. The molecular weight excluding hydrogens is 416 g/mol. The Morgan fingerprint density at radius 1 is 1.09 bits per heavy atom. The maximum Gasteiger partial charge on any atom is 0.271 e. The normalized spacial score (nSPS) is 13.5. The molecule has 33 heavy (non-hydrogen) atoms. The molecule has 9 heteroatoms. The van der Waals surface area contributed by atoms with Gasteiger partial charge in [-0.3, -0.25) is 4.79 Å². The predicted octanol–water partition coefficient (Wildman–Crippen LogP) is 2.69. The Kier molecular flexibility index (Phi) is 5.60. The molecule has 1 saturated heterocycles. The number of nitrogens with two attached hydrogens (primary N) is 1. The first-order valence-electron chi connectivity index (χ1n) is 11.1. The van der Waals surface area contributed by atoms with Crippen LogP contribution in [0.5, 0.6) is 0 Å². The fraction of sp³-hybridized carbons (Fsp3) is 0.292. The fourth-order valence-corrected chi connectivity index (χ4v) is 4.12. The number of carbonyl (C=O) groups excluding carboxylic acids is 1. The van der Waals surface area contributed by atoms with Gasteiger partial charge in [-0.25, -0.2) is 19.9 Å². The van der Waals surface area contributed by atoms with Crippen LogP contribution in [0.1, 0.15) is 40.3 Å². The number of rotatable bonds is 6. The molecule has 0 atom stereocenters. The van der Waals surface area contributed by atoms with Gasteiger partial charge in [0.2, 0.25) is 5.95 Å². The van der Waals surface area contributed by atoms with Gasteiger partial charge in [0.25, 0.3) is 5.91 Å². The van der Waals surface area contributed by atoms with E-state index in [2.05, 4.69) is 30.2 Å². The number of amides is 1. The zero-order chi connectivity index (χ0) is 22.8. The highest BCUT2D eigenvalue weighted by atomic mass is 16.1. The largest absolute Gasteiger partial charge is 0.383 e. The number of aromatic nitrogens is 5. The molecule has 9 nitrogen and oxygen atoms in total. The number of nitrogens with one attached hydrogen (secondary N) is 1. The highest BCUT2D eigenvalue weighted by molar-refractivity contribution is 5.93. The minimum absolute atomic E-state index is 0.216. The van der Waals surface area contributed by atoms with Crippen molar-refractivity contribution in [1.29, 1.82) is 0 Å². The van der Waals surface area contributed by atoms with E-state index < -0.39 is 0 Å². The Bertz CT molecular complexity index is 1290. The first kappa shape index (κ1) is 20.9. The number of aryl methyl sites for hydroxylation is 1. The van der Waals surface area contributed by atoms with Gasteiger partial charge >= 0.3 is 0 Å². The van der Waals surface area contributed by atoms with Crippen molar-refractivity contribution >= 4 is 28.4 Å². The van der Waals surface area contributed by atoms with Gasteiger partial charge in [-0.15, -0.1) is 0 Å². The number of fused-ring (bicyclic) bond motifs is 1. The fourth-order valence-electron chi connectivity index (χ4n) is 4.12. The number of carbonyl (C=O) groups is 1. The molecule has 1 aliphatic heterocycles. The van der Waals surface area contributed by atoms with E-state index in [1.165, 1.54) is 12.8 Å². The Labute approximate surface area is 191 Å². The summed E-state index contributed by atoms with van der Waals surface area (Å²) < 4.78 is 1.94. The Morgan fingerprint density at radius 2 is 1.88 bits per heavy atom. The smallest absolute Gasteiger partial charge is 0.271 e. The van der Waals surface area contributed by atoms with Crippen LogP contribution in [0.25, 0.3) is 10.8 Å². The molecule has 0 bridgehead atoms. The molecule has 1 aromatic carbocycles. The number of benzene rings is 1. The van der Waals surface area contributed by atoms with Crippen molar-refractivity contribution in [3.05, 3.63) is 71.7 Å². The van der Waals surface area contributed by atoms with E-state index in [4.69, 9.17) is 5.73 Å². The lowest BCUT2D eigenvalue weighted by atomic mass is 10.1. The van der Waals surface area contributed by atoms with E-state index in [9.17, 15) is 4.79 Å². The Morgan fingerprint density at radius 3 is 2.67 bits per heavy atom. The Balaban J connectivity index is 1.23. The molecule has 0 spiro atoms. The van der Waals surface area contributed by atoms with Crippen LogP contribution >= 0.6 is 0 Å². The molecule has 0 aliphatic carbocycles. The number of nitrogen functional groups attached to an aromatic ring is 1. The van der Waals surface area contributed by atoms with E-state index in [-0.39, 0.29) is 5.91 Å². The van der Waals surface area contributed by atoms with Gasteiger partial charge in [-0.05, 0) is 42.8 Å². The van der Waals surface area contributed by atoms with Gasteiger partial charge in [0.15, 0.2) is 0 Å². The zero-order valence-corrected chi connectivity index (χ0v) is 18.5. The summed E-state index contributed by atoms with van der Waals surface area (Å²) in [5.41, 5.74) is 8.24. The summed E-state index contributed by atoms with van der Waals surface area (Å²) in [4.78, 5) is 32.5. The van der Waals surface area contributed by atoms with Gasteiger partial charge in [0, 0.05) is 55.4 Å². The summed E-state index contributed by atoms with van der Waals surface area (Å²) in [5, 5.41) is 4.84. The Hall–Kier alpha value is -4.01. The molecule has 1 amide bonds. The minimum atomic E-state index is -0.216. The monoisotopic (exact) mass is 442 g/mol. The molecule has 5 rings (SSSR count). The van der Waals surface area contributed by atoms with Crippen LogP contribution in [-0.2, 0) is 13.1 Å². The average Bonchev–Trinajstić information content (AvgIpc) is 3.49. The van der Waals surface area contributed by atoms with Crippen molar-refractivity contribution in [2.45, 2.75) is 32.9 Å². The van der Waals surface area contributed by atoms with E-state index >= 15 is 0 Å². The van der Waals surface area contributed by atoms with Crippen LogP contribution in [0.4, 0.5) is 11.8 Å². The lowest BCUT2D eigenvalue weighted by Crippen LogP contribution is -2.23. The number of imidazole rings is 1. The van der Waals surface area contributed by atoms with Gasteiger partial charge in [-0.2, -0.15) is 0 Å². The minimum Gasteiger partial charge on any atom is -0.383 e. The third-order valence-corrected chi connectivity index (χ3v) is 5.95. The zero-order valence-electron chi connectivity index (χ0n) is 18.5. The topological polar surface area (TPSA) is 115 Å². The number of hydrogen-bond donors (Lipinski definition) is 2. The van der Waals surface area contributed by atoms with E-state index in [1.807, 2.05) is 48.1 Å². The summed E-state index contributed by atoms with van der Waals surface area (Å²) >= 11 is 0. The highest BCUT2D eigenvalue weighted by Crippen LogP contribution is 2.20. The number of pyridine rings is 1. The van der Waals surface area contributed by atoms with Gasteiger partial charge in [0.1, 0.15) is 17.3 Å². The third-order valence-electron chi connectivity index (χ3n) is 5.95. The molecule has 0 saturated carbocycles. The molecule has 4 heterocycles. The van der Waals surface area contributed by atoms with Crippen molar-refractivity contribution in [3.63, 3.8) is 0 Å². The molecule has 3 aromatic heterocycles. The molecular formula is C24H26N8O. The highest BCUT2D eigenvalue weighted by Gasteiger charge is 2.16. The summed E-state index contributed by atoms with van der Waals surface area (Å²) in [6.07, 6.45) is 9.53. The lowest BCUT2D eigenvalue weighted by molar-refractivity contribution is 0.0946. The summed E-state index contributed by atoms with van der Waals surface area (Å²) in [6, 6.07) is 7.78. The summed E-state index contributed by atoms with van der Waals surface area (Å²) in [7, 11) is 0. The van der Waals surface area contributed by atoms with Crippen LogP contribution in [0.2, 0.25) is 0 Å². The van der Waals surface area contributed by atoms with Gasteiger partial charge < -0.3 is 20.5 Å². The standard InChI is InChI=1S/C24H26N8O/c1-16-30-21(15-32(16)14-18-12-28-24(29-13-18)31-8-2-3-9-31)23(33)27-11-17-4-5-20-19(10-17)6-7-26-22(20)25/h4-7,10,12-13,15H,2-3,8-9,11,14H2,1H3,(H2,25,26)(H,27,33). The number of hydrogen-bond acceptors (Lipinski definition) is 7. The van der Waals surface area contributed by atoms with Crippen LogP contribution in [0, 0.1) is 6.92 Å². The SMILES string of the molecule is Cc1nc(C(=O)NCc2ccc3c(N)nccc3c2)cn1Cc1cnc(N2CCCC2)nc1. The van der Waals surface area contributed by atoms with Crippen molar-refractivity contribution < 1.29 is 4.79 Å². The molecule has 1 aliphatic rings. The third kappa shape index (κ3) is 4.48. The first-order valence-corrected chi connectivity index (χ1v) is 11.1. The quantitative estimate of drug-likeness (QED) is 0.472. The second-order valence-electron chi connectivity index (χ2n) is 8.32. The van der Waals surface area contributed by atoms with Crippen molar-refractivity contribution in [3.8, 4) is 0 Å². The second kappa shape index (κ2) is 8.85. The average molecular weight is 443 g/mol. The lowest BCUT2D eigenvalue weighted by Gasteiger charge is -2.14. The molecule has 3 N–H and O–H groups in total. The maximum absolute atomic E-state index is 12.7. The molecule has 1 fully saturated rings. The van der Waals surface area contributed by atoms with E-state index in [0.717, 1.165) is 46.8 Å². The number of anilines is 2.